The van der Waals surface area contributed by atoms with E-state index in [1.807, 2.05) is 29.0 Å². The van der Waals surface area contributed by atoms with Crippen LogP contribution in [0.5, 0.6) is 5.75 Å². The zero-order chi connectivity index (χ0) is 23.5. The Hall–Kier alpha value is -3.02. The fourth-order valence-electron chi connectivity index (χ4n) is 2.95. The third kappa shape index (κ3) is 5.23. The molecule has 32 heavy (non-hydrogen) atoms. The van der Waals surface area contributed by atoms with Crippen molar-refractivity contribution in [3.63, 3.8) is 0 Å². The van der Waals surface area contributed by atoms with Gasteiger partial charge in [-0.3, -0.25) is 14.9 Å². The van der Waals surface area contributed by atoms with Crippen LogP contribution in [0, 0.1) is 0 Å². The zero-order valence-electron chi connectivity index (χ0n) is 16.9. The zero-order valence-corrected chi connectivity index (χ0v) is 20.2. The number of carbonyl (C=O) groups excluding carboxylic acids is 2. The quantitative estimate of drug-likeness (QED) is 0.428. The SMILES string of the molecule is COc1c(C(=O)NC(=S)Nc2ccc(S(=O)(=O)NC(C)=O)cc2)cc2ccccc2c1Br. The largest absolute Gasteiger partial charge is 0.495 e. The minimum atomic E-state index is -3.94. The van der Waals surface area contributed by atoms with E-state index < -0.39 is 21.8 Å². The predicted molar refractivity (Wildman–Crippen MR) is 129 cm³/mol. The van der Waals surface area contributed by atoms with Crippen LogP contribution in [-0.2, 0) is 14.8 Å². The lowest BCUT2D eigenvalue weighted by molar-refractivity contribution is -0.117. The monoisotopic (exact) mass is 535 g/mol. The normalized spacial score (nSPS) is 11.0. The minimum Gasteiger partial charge on any atom is -0.495 e. The number of hydrogen-bond donors (Lipinski definition) is 3. The highest BCUT2D eigenvalue weighted by molar-refractivity contribution is 9.10. The second-order valence-electron chi connectivity index (χ2n) is 6.59. The van der Waals surface area contributed by atoms with Gasteiger partial charge in [-0.1, -0.05) is 24.3 Å². The van der Waals surface area contributed by atoms with Gasteiger partial charge in [0, 0.05) is 12.6 Å². The van der Waals surface area contributed by atoms with Crippen molar-refractivity contribution in [2.24, 2.45) is 0 Å². The van der Waals surface area contributed by atoms with Crippen molar-refractivity contribution in [3.8, 4) is 5.75 Å². The maximum Gasteiger partial charge on any atom is 0.264 e. The number of fused-ring (bicyclic) bond motifs is 1. The molecule has 0 aliphatic heterocycles. The minimum absolute atomic E-state index is 0.0128. The summed E-state index contributed by atoms with van der Waals surface area (Å²) in [6, 6.07) is 14.8. The Morgan fingerprint density at radius 2 is 1.72 bits per heavy atom. The summed E-state index contributed by atoms with van der Waals surface area (Å²) in [5.41, 5.74) is 0.739. The van der Waals surface area contributed by atoms with E-state index in [1.54, 1.807) is 6.07 Å². The first-order valence-corrected chi connectivity index (χ1v) is 11.8. The summed E-state index contributed by atoms with van der Waals surface area (Å²) in [7, 11) is -2.47. The maximum atomic E-state index is 12.9. The molecule has 0 saturated heterocycles. The Morgan fingerprint density at radius 1 is 1.06 bits per heavy atom. The summed E-state index contributed by atoms with van der Waals surface area (Å²) in [6.07, 6.45) is 0. The second kappa shape index (κ2) is 9.63. The van der Waals surface area contributed by atoms with Gasteiger partial charge in [-0.2, -0.15) is 0 Å². The van der Waals surface area contributed by atoms with Crippen molar-refractivity contribution >= 4 is 71.6 Å². The van der Waals surface area contributed by atoms with Crippen LogP contribution >= 0.6 is 28.1 Å². The first-order valence-electron chi connectivity index (χ1n) is 9.13. The lowest BCUT2D eigenvalue weighted by atomic mass is 10.1. The molecule has 3 aromatic rings. The van der Waals surface area contributed by atoms with Gasteiger partial charge in [0.05, 0.1) is 22.0 Å². The first-order chi connectivity index (χ1) is 15.1. The maximum absolute atomic E-state index is 12.9. The van der Waals surface area contributed by atoms with Gasteiger partial charge in [0.2, 0.25) is 5.91 Å². The number of rotatable bonds is 5. The Bertz CT molecular complexity index is 1330. The van der Waals surface area contributed by atoms with Gasteiger partial charge in [-0.05, 0) is 69.3 Å². The summed E-state index contributed by atoms with van der Waals surface area (Å²) in [4.78, 5) is 23.8. The van der Waals surface area contributed by atoms with E-state index in [-0.39, 0.29) is 10.0 Å². The van der Waals surface area contributed by atoms with Crippen LogP contribution in [0.1, 0.15) is 17.3 Å². The van der Waals surface area contributed by atoms with Gasteiger partial charge >= 0.3 is 0 Å². The van der Waals surface area contributed by atoms with E-state index >= 15 is 0 Å². The highest BCUT2D eigenvalue weighted by atomic mass is 79.9. The van der Waals surface area contributed by atoms with Crippen LogP contribution in [0.25, 0.3) is 10.8 Å². The van der Waals surface area contributed by atoms with Gasteiger partial charge in [-0.25, -0.2) is 13.1 Å². The third-order valence-electron chi connectivity index (χ3n) is 4.32. The summed E-state index contributed by atoms with van der Waals surface area (Å²) in [6.45, 7) is 1.11. The van der Waals surface area contributed by atoms with Crippen molar-refractivity contribution < 1.29 is 22.7 Å². The molecule has 0 heterocycles. The first kappa shape index (κ1) is 23.6. The Balaban J connectivity index is 1.76. The Morgan fingerprint density at radius 3 is 2.34 bits per heavy atom. The Labute approximate surface area is 198 Å². The highest BCUT2D eigenvalue weighted by Crippen LogP contribution is 2.36. The van der Waals surface area contributed by atoms with Crippen molar-refractivity contribution in [1.29, 1.82) is 0 Å². The molecule has 3 aromatic carbocycles. The molecule has 0 unspecified atom stereocenters. The number of hydrogen-bond acceptors (Lipinski definition) is 6. The topological polar surface area (TPSA) is 114 Å². The summed E-state index contributed by atoms with van der Waals surface area (Å²) >= 11 is 8.70. The van der Waals surface area contributed by atoms with E-state index in [4.69, 9.17) is 17.0 Å². The number of carbonyl (C=O) groups is 2. The number of anilines is 1. The van der Waals surface area contributed by atoms with Crippen molar-refractivity contribution in [2.45, 2.75) is 11.8 Å². The van der Waals surface area contributed by atoms with Gasteiger partial charge < -0.3 is 10.1 Å². The molecular formula is C21H18BrN3O5S2. The van der Waals surface area contributed by atoms with Crippen LogP contribution in [0.3, 0.4) is 0 Å². The van der Waals surface area contributed by atoms with Crippen LogP contribution in [0.4, 0.5) is 5.69 Å². The molecule has 0 aliphatic carbocycles. The molecule has 0 aliphatic rings. The Kier molecular flexibility index (Phi) is 7.12. The number of thiocarbonyl (C=S) groups is 1. The van der Waals surface area contributed by atoms with Crippen LogP contribution < -0.4 is 20.1 Å². The molecule has 0 aromatic heterocycles. The number of ether oxygens (including phenoxy) is 1. The molecule has 166 valence electrons. The fraction of sp³-hybridized carbons (Fsp3) is 0.0952. The van der Waals surface area contributed by atoms with Gasteiger partial charge in [0.15, 0.2) is 5.11 Å². The number of nitrogens with one attached hydrogen (secondary N) is 3. The molecule has 0 saturated carbocycles. The van der Waals surface area contributed by atoms with E-state index in [2.05, 4.69) is 26.6 Å². The van der Waals surface area contributed by atoms with E-state index in [1.165, 1.54) is 31.4 Å². The molecule has 0 radical (unpaired) electrons. The number of benzene rings is 3. The van der Waals surface area contributed by atoms with Crippen molar-refractivity contribution in [3.05, 3.63) is 64.6 Å². The molecule has 3 rings (SSSR count). The molecule has 0 spiro atoms. The van der Waals surface area contributed by atoms with Crippen molar-refractivity contribution in [1.82, 2.24) is 10.0 Å². The van der Waals surface area contributed by atoms with Gasteiger partial charge in [0.25, 0.3) is 15.9 Å². The molecule has 11 heteroatoms. The van der Waals surface area contributed by atoms with Crippen LogP contribution in [0.15, 0.2) is 64.0 Å². The molecule has 3 N–H and O–H groups in total. The molecule has 0 atom stereocenters. The molecule has 0 bridgehead atoms. The van der Waals surface area contributed by atoms with Crippen LogP contribution in [-0.4, -0.2) is 32.5 Å². The lowest BCUT2D eigenvalue weighted by Crippen LogP contribution is -2.34. The predicted octanol–water partition coefficient (Wildman–Crippen LogP) is 3.56. The highest BCUT2D eigenvalue weighted by Gasteiger charge is 2.19. The molecule has 0 fully saturated rings. The molecule has 2 amide bonds. The number of sulfonamides is 1. The molecule has 8 nitrogen and oxygen atoms in total. The number of methoxy groups -OCH3 is 1. The lowest BCUT2D eigenvalue weighted by Gasteiger charge is -2.14. The summed E-state index contributed by atoms with van der Waals surface area (Å²) < 4.78 is 32.0. The average molecular weight is 536 g/mol. The van der Waals surface area contributed by atoms with Crippen molar-refractivity contribution in [2.75, 3.05) is 12.4 Å². The van der Waals surface area contributed by atoms with Gasteiger partial charge in [-0.15, -0.1) is 0 Å². The van der Waals surface area contributed by atoms with E-state index in [9.17, 15) is 18.0 Å². The standard InChI is InChI=1S/C21H18BrN3O5S2/c1-12(26)25-32(28,29)15-9-7-14(8-10-15)23-21(31)24-20(27)17-11-13-5-3-4-6-16(13)18(22)19(17)30-2/h3-11H,1-2H3,(H,25,26)(H2,23,24,27,31). The number of amides is 2. The number of halogens is 1. The smallest absolute Gasteiger partial charge is 0.264 e. The summed E-state index contributed by atoms with van der Waals surface area (Å²) in [5, 5.41) is 7.16. The van der Waals surface area contributed by atoms with E-state index in [0.29, 0.717) is 21.5 Å². The average Bonchev–Trinajstić information content (AvgIpc) is 2.73. The van der Waals surface area contributed by atoms with Gasteiger partial charge in [0.1, 0.15) is 5.75 Å². The van der Waals surface area contributed by atoms with E-state index in [0.717, 1.165) is 17.7 Å². The second-order valence-corrected chi connectivity index (χ2v) is 9.47. The molecular weight excluding hydrogens is 518 g/mol. The third-order valence-corrected chi connectivity index (χ3v) is 6.76. The fourth-order valence-corrected chi connectivity index (χ4v) is 4.89. The van der Waals surface area contributed by atoms with Crippen LogP contribution in [0.2, 0.25) is 0 Å². The summed E-state index contributed by atoms with van der Waals surface area (Å²) in [5.74, 6) is -0.793.